The van der Waals surface area contributed by atoms with E-state index in [9.17, 15) is 9.90 Å². The Hall–Kier alpha value is -1.75. The lowest BCUT2D eigenvalue weighted by atomic mass is 10.2. The molecule has 0 bridgehead atoms. The molecule has 5 nitrogen and oxygen atoms in total. The average Bonchev–Trinajstić information content (AvgIpc) is 2.29. The molecule has 1 aromatic carbocycles. The van der Waals surface area contributed by atoms with Crippen molar-refractivity contribution in [1.82, 2.24) is 0 Å². The fraction of sp³-hybridized carbons (Fsp3) is 0.222. The molecule has 5 heteroatoms. The fourth-order valence-corrected chi connectivity index (χ4v) is 1.21. The monoisotopic (exact) mass is 194 g/mol. The Morgan fingerprint density at radius 3 is 3.14 bits per heavy atom. The SMILES string of the molecule is N[C@@H]1COc2cc(O)ccc2NC1=O. The van der Waals surface area contributed by atoms with Crippen LogP contribution in [-0.4, -0.2) is 23.7 Å². The zero-order chi connectivity index (χ0) is 10.1. The molecule has 2 rings (SSSR count). The van der Waals surface area contributed by atoms with Crippen molar-refractivity contribution < 1.29 is 14.6 Å². The molecule has 0 aromatic heterocycles. The number of benzene rings is 1. The number of nitrogens with one attached hydrogen (secondary N) is 1. The topological polar surface area (TPSA) is 84.6 Å². The van der Waals surface area contributed by atoms with E-state index in [2.05, 4.69) is 5.32 Å². The number of ether oxygens (including phenoxy) is 1. The molecule has 1 atom stereocenters. The number of carbonyl (C=O) groups excluding carboxylic acids is 1. The highest BCUT2D eigenvalue weighted by Gasteiger charge is 2.20. The van der Waals surface area contributed by atoms with Crippen LogP contribution in [0.1, 0.15) is 0 Å². The first-order valence-corrected chi connectivity index (χ1v) is 4.19. The predicted octanol–water partition coefficient (Wildman–Crippen LogP) is 0.0504. The van der Waals surface area contributed by atoms with Crippen LogP contribution in [0.25, 0.3) is 0 Å². The maximum absolute atomic E-state index is 11.3. The molecule has 0 radical (unpaired) electrons. The van der Waals surface area contributed by atoms with E-state index in [0.29, 0.717) is 11.4 Å². The first-order chi connectivity index (χ1) is 6.66. The van der Waals surface area contributed by atoms with Crippen molar-refractivity contribution >= 4 is 11.6 Å². The molecule has 14 heavy (non-hydrogen) atoms. The predicted molar refractivity (Wildman–Crippen MR) is 50.2 cm³/mol. The van der Waals surface area contributed by atoms with Crippen LogP contribution in [0, 0.1) is 0 Å². The van der Waals surface area contributed by atoms with Crippen molar-refractivity contribution in [3.8, 4) is 11.5 Å². The van der Waals surface area contributed by atoms with Crippen LogP contribution < -0.4 is 15.8 Å². The van der Waals surface area contributed by atoms with Gasteiger partial charge >= 0.3 is 0 Å². The van der Waals surface area contributed by atoms with Gasteiger partial charge in [-0.2, -0.15) is 0 Å². The Labute approximate surface area is 80.5 Å². The van der Waals surface area contributed by atoms with Gasteiger partial charge in [0.15, 0.2) is 0 Å². The van der Waals surface area contributed by atoms with Gasteiger partial charge in [0, 0.05) is 6.07 Å². The maximum atomic E-state index is 11.3. The Morgan fingerprint density at radius 1 is 1.57 bits per heavy atom. The lowest BCUT2D eigenvalue weighted by molar-refractivity contribution is -0.117. The first-order valence-electron chi connectivity index (χ1n) is 4.19. The molecular formula is C9H10N2O3. The summed E-state index contributed by atoms with van der Waals surface area (Å²) in [6.07, 6.45) is 0. The van der Waals surface area contributed by atoms with E-state index in [4.69, 9.17) is 10.5 Å². The molecule has 1 heterocycles. The van der Waals surface area contributed by atoms with E-state index < -0.39 is 6.04 Å². The normalized spacial score (nSPS) is 20.4. The smallest absolute Gasteiger partial charge is 0.244 e. The van der Waals surface area contributed by atoms with Crippen molar-refractivity contribution in [3.05, 3.63) is 18.2 Å². The third-order valence-electron chi connectivity index (χ3n) is 1.98. The van der Waals surface area contributed by atoms with Crippen molar-refractivity contribution in [3.63, 3.8) is 0 Å². The zero-order valence-electron chi connectivity index (χ0n) is 7.36. The highest BCUT2D eigenvalue weighted by Crippen LogP contribution is 2.30. The number of nitrogens with two attached hydrogens (primary N) is 1. The van der Waals surface area contributed by atoms with E-state index in [1.54, 1.807) is 6.07 Å². The molecule has 1 aliphatic rings. The Balaban J connectivity index is 2.37. The summed E-state index contributed by atoms with van der Waals surface area (Å²) in [5.41, 5.74) is 6.02. The summed E-state index contributed by atoms with van der Waals surface area (Å²) in [6.45, 7) is 0.113. The van der Waals surface area contributed by atoms with E-state index in [0.717, 1.165) is 0 Å². The minimum atomic E-state index is -0.676. The molecule has 4 N–H and O–H groups in total. The number of phenols is 1. The fourth-order valence-electron chi connectivity index (χ4n) is 1.21. The van der Waals surface area contributed by atoms with Gasteiger partial charge < -0.3 is 20.9 Å². The Kier molecular flexibility index (Phi) is 2.01. The van der Waals surface area contributed by atoms with Gasteiger partial charge in [0.25, 0.3) is 0 Å². The van der Waals surface area contributed by atoms with Crippen LogP contribution in [0.15, 0.2) is 18.2 Å². The van der Waals surface area contributed by atoms with Crippen molar-refractivity contribution in [2.24, 2.45) is 5.73 Å². The van der Waals surface area contributed by atoms with Crippen LogP contribution in [0.5, 0.6) is 11.5 Å². The summed E-state index contributed by atoms with van der Waals surface area (Å²) in [4.78, 5) is 11.3. The molecule has 0 saturated heterocycles. The molecule has 1 aliphatic heterocycles. The summed E-state index contributed by atoms with van der Waals surface area (Å²) in [7, 11) is 0. The zero-order valence-corrected chi connectivity index (χ0v) is 7.36. The number of hydrogen-bond donors (Lipinski definition) is 3. The second-order valence-electron chi connectivity index (χ2n) is 3.09. The number of amides is 1. The number of rotatable bonds is 0. The molecule has 0 unspecified atom stereocenters. The summed E-state index contributed by atoms with van der Waals surface area (Å²) in [5, 5.41) is 11.8. The van der Waals surface area contributed by atoms with Gasteiger partial charge in [-0.1, -0.05) is 0 Å². The second-order valence-corrected chi connectivity index (χ2v) is 3.09. The number of anilines is 1. The van der Waals surface area contributed by atoms with Gasteiger partial charge in [0.05, 0.1) is 5.69 Å². The molecule has 0 fully saturated rings. The van der Waals surface area contributed by atoms with Crippen LogP contribution in [0.3, 0.4) is 0 Å². The van der Waals surface area contributed by atoms with Gasteiger partial charge in [-0.15, -0.1) is 0 Å². The minimum absolute atomic E-state index is 0.0912. The van der Waals surface area contributed by atoms with Crippen LogP contribution in [-0.2, 0) is 4.79 Å². The summed E-state index contributed by atoms with van der Waals surface area (Å²) in [5.74, 6) is 0.245. The van der Waals surface area contributed by atoms with Gasteiger partial charge in [0.2, 0.25) is 5.91 Å². The van der Waals surface area contributed by atoms with E-state index in [-0.39, 0.29) is 18.3 Å². The van der Waals surface area contributed by atoms with Crippen molar-refractivity contribution in [1.29, 1.82) is 0 Å². The van der Waals surface area contributed by atoms with Crippen LogP contribution in [0.2, 0.25) is 0 Å². The lowest BCUT2D eigenvalue weighted by Crippen LogP contribution is -2.38. The summed E-state index contributed by atoms with van der Waals surface area (Å²) >= 11 is 0. The highest BCUT2D eigenvalue weighted by atomic mass is 16.5. The largest absolute Gasteiger partial charge is 0.508 e. The molecular weight excluding hydrogens is 184 g/mol. The molecule has 0 spiro atoms. The second kappa shape index (κ2) is 3.19. The molecule has 1 amide bonds. The van der Waals surface area contributed by atoms with Crippen LogP contribution >= 0.6 is 0 Å². The number of aromatic hydroxyl groups is 1. The number of carbonyl (C=O) groups is 1. The Bertz CT molecular complexity index is 378. The van der Waals surface area contributed by atoms with E-state index >= 15 is 0 Å². The van der Waals surface area contributed by atoms with E-state index in [1.807, 2.05) is 0 Å². The molecule has 74 valence electrons. The van der Waals surface area contributed by atoms with Crippen molar-refractivity contribution in [2.75, 3.05) is 11.9 Å². The average molecular weight is 194 g/mol. The maximum Gasteiger partial charge on any atom is 0.244 e. The van der Waals surface area contributed by atoms with Gasteiger partial charge in [0.1, 0.15) is 24.1 Å². The van der Waals surface area contributed by atoms with Gasteiger partial charge in [-0.3, -0.25) is 4.79 Å². The van der Waals surface area contributed by atoms with Gasteiger partial charge in [-0.25, -0.2) is 0 Å². The van der Waals surface area contributed by atoms with Gasteiger partial charge in [-0.05, 0) is 12.1 Å². The quantitative estimate of drug-likeness (QED) is 0.509. The molecule has 0 saturated carbocycles. The first kappa shape index (κ1) is 8.83. The number of fused-ring (bicyclic) bond motifs is 1. The number of phenolic OH excluding ortho intramolecular Hbond substituents is 1. The number of hydrogen-bond acceptors (Lipinski definition) is 4. The van der Waals surface area contributed by atoms with Crippen LogP contribution in [0.4, 0.5) is 5.69 Å². The molecule has 0 aliphatic carbocycles. The standard InChI is InChI=1S/C9H10N2O3/c10-6-4-14-8-3-5(12)1-2-7(8)11-9(6)13/h1-3,6,12H,4,10H2,(H,11,13)/t6-/m1/s1. The third-order valence-corrected chi connectivity index (χ3v) is 1.98. The minimum Gasteiger partial charge on any atom is -0.508 e. The van der Waals surface area contributed by atoms with Crippen molar-refractivity contribution in [2.45, 2.75) is 6.04 Å². The lowest BCUT2D eigenvalue weighted by Gasteiger charge is -2.06. The van der Waals surface area contributed by atoms with E-state index in [1.165, 1.54) is 12.1 Å². The summed E-state index contributed by atoms with van der Waals surface area (Å²) < 4.78 is 5.24. The summed E-state index contributed by atoms with van der Waals surface area (Å²) in [6, 6.07) is 3.80. The Morgan fingerprint density at radius 2 is 2.36 bits per heavy atom. The highest BCUT2D eigenvalue weighted by molar-refractivity contribution is 5.96. The molecule has 1 aromatic rings. The third kappa shape index (κ3) is 1.49.